The van der Waals surface area contributed by atoms with Gasteiger partial charge in [0.1, 0.15) is 0 Å². The van der Waals surface area contributed by atoms with E-state index in [9.17, 15) is 9.59 Å². The lowest BCUT2D eigenvalue weighted by Crippen LogP contribution is -2.21. The molecular weight excluding hydrogens is 312 g/mol. The van der Waals surface area contributed by atoms with Gasteiger partial charge in [-0.05, 0) is 13.8 Å². The molecule has 2 heterocycles. The van der Waals surface area contributed by atoms with Crippen molar-refractivity contribution in [3.05, 3.63) is 0 Å². The van der Waals surface area contributed by atoms with Crippen LogP contribution in [0.4, 0.5) is 0 Å². The molecule has 0 bridgehead atoms. The van der Waals surface area contributed by atoms with Crippen LogP contribution in [0.5, 0.6) is 0 Å². The first-order valence-electron chi connectivity index (χ1n) is 6.86. The van der Waals surface area contributed by atoms with Gasteiger partial charge >= 0.3 is 11.9 Å². The molecule has 0 amide bonds. The number of carbonyl (C=O) groups is 2. The van der Waals surface area contributed by atoms with Gasteiger partial charge in [-0.25, -0.2) is 9.59 Å². The van der Waals surface area contributed by atoms with Gasteiger partial charge in [0, 0.05) is 17.9 Å². The maximum absolute atomic E-state index is 11.6. The van der Waals surface area contributed by atoms with Gasteiger partial charge in [0.15, 0.2) is 12.1 Å². The highest BCUT2D eigenvalue weighted by atomic mass is 32.2. The minimum Gasteiger partial charge on any atom is -0.464 e. The van der Waals surface area contributed by atoms with Crippen molar-refractivity contribution < 1.29 is 19.1 Å². The van der Waals surface area contributed by atoms with Crippen LogP contribution < -0.4 is 0 Å². The molecule has 0 unspecified atom stereocenters. The number of hydrogen-bond donors (Lipinski definition) is 0. The summed E-state index contributed by atoms with van der Waals surface area (Å²) in [6.45, 7) is 4.30. The minimum atomic E-state index is -0.405. The first-order chi connectivity index (χ1) is 10.1. The Morgan fingerprint density at radius 1 is 1.00 bits per heavy atom. The van der Waals surface area contributed by atoms with Crippen molar-refractivity contribution >= 4 is 45.5 Å². The zero-order chi connectivity index (χ0) is 15.2. The predicted octanol–water partition coefficient (Wildman–Crippen LogP) is 1.53. The van der Waals surface area contributed by atoms with Gasteiger partial charge in [0.05, 0.1) is 23.3 Å². The van der Waals surface area contributed by atoms with Gasteiger partial charge in [0.2, 0.25) is 0 Å². The molecule has 21 heavy (non-hydrogen) atoms. The Balaban J connectivity index is 1.88. The largest absolute Gasteiger partial charge is 0.464 e. The fraction of sp³-hybridized carbons (Fsp3) is 0.692. The molecule has 0 aromatic heterocycles. The molecule has 0 saturated carbocycles. The van der Waals surface area contributed by atoms with Crippen molar-refractivity contribution in [1.29, 1.82) is 0 Å². The van der Waals surface area contributed by atoms with E-state index in [1.54, 1.807) is 37.4 Å². The van der Waals surface area contributed by atoms with Gasteiger partial charge in [-0.15, -0.1) is 23.5 Å². The number of thioether (sulfide) groups is 2. The van der Waals surface area contributed by atoms with Gasteiger partial charge in [-0.3, -0.25) is 9.98 Å². The van der Waals surface area contributed by atoms with E-state index in [-0.39, 0.29) is 11.9 Å². The van der Waals surface area contributed by atoms with Crippen LogP contribution in [-0.2, 0) is 19.1 Å². The topological polar surface area (TPSA) is 77.3 Å². The zero-order valence-corrected chi connectivity index (χ0v) is 13.7. The lowest BCUT2D eigenvalue weighted by molar-refractivity contribution is -0.144. The second-order valence-corrected chi connectivity index (χ2v) is 6.57. The Hall–Kier alpha value is -1.02. The lowest BCUT2D eigenvalue weighted by Gasteiger charge is -2.04. The molecule has 116 valence electrons. The summed E-state index contributed by atoms with van der Waals surface area (Å²) in [4.78, 5) is 31.9. The zero-order valence-electron chi connectivity index (χ0n) is 12.0. The molecule has 0 aromatic rings. The first-order valence-corrected chi connectivity index (χ1v) is 8.83. The molecule has 0 aliphatic carbocycles. The fourth-order valence-corrected chi connectivity index (χ4v) is 3.98. The van der Waals surface area contributed by atoms with Crippen molar-refractivity contribution in [3.63, 3.8) is 0 Å². The standard InChI is InChI=1S/C13H18N2O4S2/c1-3-18-12(16)8-6-20-10(14-8)5-11-15-9(7-21-11)13(17)19-4-2/h8-9H,3-7H2,1-2H3/t8-,9-/m0/s1. The van der Waals surface area contributed by atoms with E-state index < -0.39 is 12.1 Å². The average Bonchev–Trinajstić information content (AvgIpc) is 3.09. The number of nitrogens with zero attached hydrogens (tertiary/aromatic N) is 2. The smallest absolute Gasteiger partial charge is 0.331 e. The highest BCUT2D eigenvalue weighted by Crippen LogP contribution is 2.27. The number of hydrogen-bond acceptors (Lipinski definition) is 8. The Kier molecular flexibility index (Phi) is 6.10. The number of rotatable bonds is 6. The van der Waals surface area contributed by atoms with Gasteiger partial charge in [-0.1, -0.05) is 0 Å². The van der Waals surface area contributed by atoms with Crippen molar-refractivity contribution in [2.75, 3.05) is 24.7 Å². The third-order valence-corrected chi connectivity index (χ3v) is 4.97. The average molecular weight is 330 g/mol. The van der Waals surface area contributed by atoms with Crippen LogP contribution in [0.3, 0.4) is 0 Å². The van der Waals surface area contributed by atoms with Crippen LogP contribution in [0, 0.1) is 0 Å². The number of ether oxygens (including phenoxy) is 2. The third-order valence-electron chi connectivity index (χ3n) is 2.84. The summed E-state index contributed by atoms with van der Waals surface area (Å²) in [7, 11) is 0. The molecule has 0 radical (unpaired) electrons. The predicted molar refractivity (Wildman–Crippen MR) is 85.2 cm³/mol. The quantitative estimate of drug-likeness (QED) is 0.687. The number of carbonyl (C=O) groups excluding carboxylic acids is 2. The van der Waals surface area contributed by atoms with E-state index in [0.717, 1.165) is 10.1 Å². The van der Waals surface area contributed by atoms with Crippen LogP contribution in [0.25, 0.3) is 0 Å². The van der Waals surface area contributed by atoms with Crippen LogP contribution in [0.1, 0.15) is 20.3 Å². The van der Waals surface area contributed by atoms with Crippen LogP contribution >= 0.6 is 23.5 Å². The SMILES string of the molecule is CCOC(=O)[C@@H]1CSC(CC2=N[C@H](C(=O)OCC)CS2)=N1. The highest BCUT2D eigenvalue weighted by molar-refractivity contribution is 8.16. The molecule has 6 nitrogen and oxygen atoms in total. The summed E-state index contributed by atoms with van der Waals surface area (Å²) < 4.78 is 9.93. The van der Waals surface area contributed by atoms with Crippen molar-refractivity contribution in [3.8, 4) is 0 Å². The van der Waals surface area contributed by atoms with E-state index in [1.807, 2.05) is 0 Å². The Morgan fingerprint density at radius 2 is 1.43 bits per heavy atom. The second kappa shape index (κ2) is 7.84. The molecular formula is C13H18N2O4S2. The van der Waals surface area contributed by atoms with E-state index >= 15 is 0 Å². The summed E-state index contributed by atoms with van der Waals surface area (Å²) in [5, 5.41) is 1.76. The number of esters is 2. The molecule has 0 saturated heterocycles. The summed E-state index contributed by atoms with van der Waals surface area (Å²) in [6, 6.07) is -0.810. The maximum atomic E-state index is 11.6. The monoisotopic (exact) mass is 330 g/mol. The van der Waals surface area contributed by atoms with Crippen molar-refractivity contribution in [2.45, 2.75) is 32.4 Å². The van der Waals surface area contributed by atoms with Gasteiger partial charge < -0.3 is 9.47 Å². The Bertz CT molecular complexity index is 437. The number of aliphatic imine (C=N–C) groups is 2. The molecule has 2 rings (SSSR count). The summed E-state index contributed by atoms with van der Waals surface area (Å²) in [5.74, 6) is 0.691. The maximum Gasteiger partial charge on any atom is 0.331 e. The molecule has 0 fully saturated rings. The van der Waals surface area contributed by atoms with Gasteiger partial charge in [-0.2, -0.15) is 0 Å². The van der Waals surface area contributed by atoms with Crippen molar-refractivity contribution in [1.82, 2.24) is 0 Å². The summed E-state index contributed by atoms with van der Waals surface area (Å²) in [6.07, 6.45) is 0.584. The normalized spacial score (nSPS) is 24.5. The molecule has 0 aromatic carbocycles. The third kappa shape index (κ3) is 4.47. The molecule has 0 N–H and O–H groups in total. The highest BCUT2D eigenvalue weighted by Gasteiger charge is 2.30. The summed E-state index contributed by atoms with van der Waals surface area (Å²) in [5.41, 5.74) is 0. The molecule has 0 spiro atoms. The molecule has 8 heteroatoms. The van der Waals surface area contributed by atoms with E-state index in [4.69, 9.17) is 9.47 Å². The summed E-state index contributed by atoms with van der Waals surface area (Å²) >= 11 is 3.10. The lowest BCUT2D eigenvalue weighted by atomic mass is 10.3. The van der Waals surface area contributed by atoms with Crippen LogP contribution in [0.15, 0.2) is 9.98 Å². The second-order valence-electron chi connectivity index (χ2n) is 4.38. The van der Waals surface area contributed by atoms with Crippen molar-refractivity contribution in [2.24, 2.45) is 9.98 Å². The Morgan fingerprint density at radius 3 is 1.81 bits per heavy atom. The fourth-order valence-electron chi connectivity index (χ4n) is 1.89. The Labute approximate surface area is 132 Å². The van der Waals surface area contributed by atoms with E-state index in [0.29, 0.717) is 31.1 Å². The molecule has 2 aliphatic rings. The minimum absolute atomic E-state index is 0.273. The van der Waals surface area contributed by atoms with Gasteiger partial charge in [0.25, 0.3) is 0 Å². The first kappa shape index (κ1) is 16.4. The molecule has 2 atom stereocenters. The van der Waals surface area contributed by atoms with Crippen LogP contribution in [0.2, 0.25) is 0 Å². The van der Waals surface area contributed by atoms with E-state index in [2.05, 4.69) is 9.98 Å². The molecule has 2 aliphatic heterocycles. The van der Waals surface area contributed by atoms with Crippen LogP contribution in [-0.4, -0.2) is 58.8 Å². The van der Waals surface area contributed by atoms with E-state index in [1.165, 1.54) is 0 Å².